The van der Waals surface area contributed by atoms with E-state index in [1.807, 2.05) is 37.1 Å². The highest BCUT2D eigenvalue weighted by molar-refractivity contribution is 7.89. The summed E-state index contributed by atoms with van der Waals surface area (Å²) in [6, 6.07) is 11.4. The summed E-state index contributed by atoms with van der Waals surface area (Å²) in [5, 5.41) is 9.30. The fraction of sp³-hybridized carbons (Fsp3) is 0.250. The van der Waals surface area contributed by atoms with E-state index in [2.05, 4.69) is 4.98 Å². The van der Waals surface area contributed by atoms with Crippen LogP contribution in [0.25, 0.3) is 0 Å². The van der Waals surface area contributed by atoms with Crippen LogP contribution in [0.4, 0.5) is 15.9 Å². The van der Waals surface area contributed by atoms with Crippen LogP contribution in [-0.2, 0) is 14.8 Å². The molecule has 0 bridgehead atoms. The van der Waals surface area contributed by atoms with E-state index in [0.29, 0.717) is 16.8 Å². The lowest BCUT2D eigenvalue weighted by molar-refractivity contribution is -0.136. The molecule has 1 atom stereocenters. The Morgan fingerprint density at radius 2 is 1.91 bits per heavy atom. The standard InChI is InChI=1S/C24H24FN3O4S/c1-15-5-4-6-23(26-15)27(3)18-8-10-19(11-9-18)33(31,32)28-16(2)20(14-24(29)30)21-13-17(25)7-12-22(21)28/h4-11,13,22H,12,14H2,1-3H3,(H,29,30). The van der Waals surface area contributed by atoms with Gasteiger partial charge in [-0.25, -0.2) is 17.8 Å². The Labute approximate surface area is 192 Å². The van der Waals surface area contributed by atoms with Crippen LogP contribution in [0.1, 0.15) is 25.5 Å². The van der Waals surface area contributed by atoms with E-state index in [1.54, 1.807) is 19.1 Å². The Hall–Kier alpha value is -3.46. The lowest BCUT2D eigenvalue weighted by atomic mass is 9.93. The summed E-state index contributed by atoms with van der Waals surface area (Å²) in [5.74, 6) is -0.864. The molecule has 9 heteroatoms. The van der Waals surface area contributed by atoms with E-state index in [0.717, 1.165) is 17.2 Å². The number of hydrogen-bond donors (Lipinski definition) is 1. The molecule has 1 aromatic carbocycles. The van der Waals surface area contributed by atoms with Crippen LogP contribution in [0.5, 0.6) is 0 Å². The Kier molecular flexibility index (Phi) is 5.84. The van der Waals surface area contributed by atoms with Gasteiger partial charge in [-0.2, -0.15) is 0 Å². The molecule has 172 valence electrons. The number of carboxylic acids is 1. The maximum atomic E-state index is 13.9. The molecule has 1 unspecified atom stereocenters. The van der Waals surface area contributed by atoms with Gasteiger partial charge in [0.2, 0.25) is 0 Å². The highest BCUT2D eigenvalue weighted by Crippen LogP contribution is 2.43. The molecule has 0 saturated heterocycles. The smallest absolute Gasteiger partial charge is 0.307 e. The number of rotatable bonds is 6. The van der Waals surface area contributed by atoms with Crippen LogP contribution in [0.2, 0.25) is 0 Å². The van der Waals surface area contributed by atoms with Gasteiger partial charge >= 0.3 is 5.97 Å². The molecular weight excluding hydrogens is 445 g/mol. The Balaban J connectivity index is 1.68. The van der Waals surface area contributed by atoms with E-state index in [-0.39, 0.29) is 17.7 Å². The number of anilines is 2. The number of hydrogen-bond acceptors (Lipinski definition) is 5. The molecule has 4 rings (SSSR count). The van der Waals surface area contributed by atoms with Crippen molar-refractivity contribution < 1.29 is 22.7 Å². The molecule has 2 aromatic rings. The van der Waals surface area contributed by atoms with Crippen LogP contribution < -0.4 is 4.90 Å². The van der Waals surface area contributed by atoms with E-state index in [4.69, 9.17) is 0 Å². The molecular formula is C24H24FN3O4S. The average Bonchev–Trinajstić information content (AvgIpc) is 3.04. The van der Waals surface area contributed by atoms with Gasteiger partial charge in [0.05, 0.1) is 17.4 Å². The van der Waals surface area contributed by atoms with Crippen molar-refractivity contribution in [1.29, 1.82) is 0 Å². The first-order valence-corrected chi connectivity index (χ1v) is 11.8. The zero-order valence-corrected chi connectivity index (χ0v) is 19.3. The Morgan fingerprint density at radius 3 is 2.55 bits per heavy atom. The molecule has 1 aromatic heterocycles. The van der Waals surface area contributed by atoms with Crippen molar-refractivity contribution in [1.82, 2.24) is 9.29 Å². The molecule has 0 saturated carbocycles. The highest BCUT2D eigenvalue weighted by Gasteiger charge is 2.42. The van der Waals surface area contributed by atoms with Crippen LogP contribution in [0, 0.1) is 6.92 Å². The molecule has 1 N–H and O–H groups in total. The number of allylic oxidation sites excluding steroid dienone is 3. The topological polar surface area (TPSA) is 90.8 Å². The number of fused-ring (bicyclic) bond motifs is 1. The number of nitrogens with zero attached hydrogens (tertiary/aromatic N) is 3. The third kappa shape index (κ3) is 4.16. The lowest BCUT2D eigenvalue weighted by Gasteiger charge is -2.29. The van der Waals surface area contributed by atoms with Crippen molar-refractivity contribution in [2.24, 2.45) is 0 Å². The predicted octanol–water partition coefficient (Wildman–Crippen LogP) is 4.46. The van der Waals surface area contributed by atoms with Gasteiger partial charge in [0.15, 0.2) is 0 Å². The van der Waals surface area contributed by atoms with Gasteiger partial charge in [-0.1, -0.05) is 6.07 Å². The van der Waals surface area contributed by atoms with Crippen LogP contribution in [0.15, 0.2) is 82.2 Å². The molecule has 33 heavy (non-hydrogen) atoms. The number of sulfonamides is 1. The fourth-order valence-corrected chi connectivity index (χ4v) is 5.99. The Bertz CT molecular complexity index is 1310. The van der Waals surface area contributed by atoms with E-state index >= 15 is 0 Å². The number of carboxylic acid groups (broad SMARTS) is 1. The normalized spacial score (nSPS) is 18.1. The number of benzene rings is 1. The van der Waals surface area contributed by atoms with E-state index in [9.17, 15) is 22.7 Å². The monoisotopic (exact) mass is 469 g/mol. The van der Waals surface area contributed by atoms with E-state index < -0.39 is 27.9 Å². The van der Waals surface area contributed by atoms with Gasteiger partial charge in [-0.3, -0.25) is 9.10 Å². The average molecular weight is 470 g/mol. The zero-order valence-electron chi connectivity index (χ0n) is 18.5. The number of aliphatic carboxylic acids is 1. The van der Waals surface area contributed by atoms with Crippen molar-refractivity contribution in [2.75, 3.05) is 11.9 Å². The number of aromatic nitrogens is 1. The second kappa shape index (κ2) is 8.47. The fourth-order valence-electron chi connectivity index (χ4n) is 4.27. The van der Waals surface area contributed by atoms with Gasteiger partial charge in [0.1, 0.15) is 11.6 Å². The second-order valence-corrected chi connectivity index (χ2v) is 9.88. The summed E-state index contributed by atoms with van der Waals surface area (Å²) in [7, 11) is -2.16. The van der Waals surface area contributed by atoms with Gasteiger partial charge in [-0.15, -0.1) is 0 Å². The van der Waals surface area contributed by atoms with Crippen molar-refractivity contribution in [3.05, 3.63) is 83.0 Å². The maximum Gasteiger partial charge on any atom is 0.307 e. The van der Waals surface area contributed by atoms with Crippen LogP contribution in [-0.4, -0.2) is 41.9 Å². The molecule has 1 aliphatic carbocycles. The van der Waals surface area contributed by atoms with Gasteiger partial charge in [0, 0.05) is 24.1 Å². The number of aryl methyl sites for hydroxylation is 1. The largest absolute Gasteiger partial charge is 0.481 e. The SMILES string of the molecule is CC1=C(CC(=O)O)C2=CC(F)=CCC2N1S(=O)(=O)c1ccc(N(C)c2cccc(C)n2)cc1. The summed E-state index contributed by atoms with van der Waals surface area (Å²) < 4.78 is 42.3. The summed E-state index contributed by atoms with van der Waals surface area (Å²) >= 11 is 0. The summed E-state index contributed by atoms with van der Waals surface area (Å²) in [6.45, 7) is 3.46. The van der Waals surface area contributed by atoms with Crippen molar-refractivity contribution in [3.8, 4) is 0 Å². The lowest BCUT2D eigenvalue weighted by Crippen LogP contribution is -2.36. The van der Waals surface area contributed by atoms with Crippen LogP contribution >= 0.6 is 0 Å². The molecule has 0 fully saturated rings. The van der Waals surface area contributed by atoms with Gasteiger partial charge < -0.3 is 10.0 Å². The molecule has 0 spiro atoms. The molecule has 7 nitrogen and oxygen atoms in total. The third-order valence-electron chi connectivity index (χ3n) is 5.91. The minimum absolute atomic E-state index is 0.0714. The first kappa shape index (κ1) is 22.7. The molecule has 2 aliphatic rings. The number of halogens is 1. The minimum Gasteiger partial charge on any atom is -0.481 e. The zero-order chi connectivity index (χ0) is 23.9. The molecule has 0 radical (unpaired) electrons. The minimum atomic E-state index is -4.00. The van der Waals surface area contributed by atoms with Crippen molar-refractivity contribution in [3.63, 3.8) is 0 Å². The third-order valence-corrected chi connectivity index (χ3v) is 7.83. The Morgan fingerprint density at radius 1 is 1.21 bits per heavy atom. The van der Waals surface area contributed by atoms with Crippen molar-refractivity contribution >= 4 is 27.5 Å². The number of pyridine rings is 1. The highest BCUT2D eigenvalue weighted by atomic mass is 32.2. The first-order valence-electron chi connectivity index (χ1n) is 10.4. The maximum absolute atomic E-state index is 13.9. The second-order valence-electron chi connectivity index (χ2n) is 8.07. The quantitative estimate of drug-likeness (QED) is 0.672. The molecule has 2 heterocycles. The first-order chi connectivity index (χ1) is 15.6. The predicted molar refractivity (Wildman–Crippen MR) is 123 cm³/mol. The van der Waals surface area contributed by atoms with Gasteiger partial charge in [-0.05, 0) is 80.0 Å². The van der Waals surface area contributed by atoms with Gasteiger partial charge in [0.25, 0.3) is 10.0 Å². The van der Waals surface area contributed by atoms with Crippen molar-refractivity contribution in [2.45, 2.75) is 37.6 Å². The molecule has 0 amide bonds. The summed E-state index contributed by atoms with van der Waals surface area (Å²) in [4.78, 5) is 17.8. The number of carbonyl (C=O) groups is 1. The summed E-state index contributed by atoms with van der Waals surface area (Å²) in [6.07, 6.45) is 2.32. The van der Waals surface area contributed by atoms with Crippen LogP contribution in [0.3, 0.4) is 0 Å². The van der Waals surface area contributed by atoms with E-state index in [1.165, 1.54) is 28.6 Å². The molecule has 1 aliphatic heterocycles. The summed E-state index contributed by atoms with van der Waals surface area (Å²) in [5.41, 5.74) is 2.67.